The fourth-order valence-corrected chi connectivity index (χ4v) is 2.72. The predicted molar refractivity (Wildman–Crippen MR) is 98.7 cm³/mol. The highest BCUT2D eigenvalue weighted by Gasteiger charge is 2.38. The van der Waals surface area contributed by atoms with E-state index in [4.69, 9.17) is 10.5 Å². The summed E-state index contributed by atoms with van der Waals surface area (Å²) in [5.74, 6) is 0.741. The third-order valence-corrected chi connectivity index (χ3v) is 4.21. The maximum absolute atomic E-state index is 12.6. The molecule has 0 spiro atoms. The number of halogens is 2. The molecule has 1 aliphatic rings. The summed E-state index contributed by atoms with van der Waals surface area (Å²) in [6, 6.07) is 7.61. The molecule has 132 valence electrons. The lowest BCUT2D eigenvalue weighted by Gasteiger charge is -2.34. The van der Waals surface area contributed by atoms with E-state index in [1.54, 1.807) is 12.4 Å². The number of nitrogens with two attached hydrogens (primary N) is 1. The summed E-state index contributed by atoms with van der Waals surface area (Å²) in [4.78, 5) is 19.9. The summed E-state index contributed by atoms with van der Waals surface area (Å²) in [6.07, 6.45) is 4.79. The zero-order chi connectivity index (χ0) is 15.4. The summed E-state index contributed by atoms with van der Waals surface area (Å²) in [7, 11) is 0. The molecule has 1 amide bonds. The van der Waals surface area contributed by atoms with Crippen molar-refractivity contribution in [2.75, 3.05) is 25.1 Å². The molecule has 1 aliphatic heterocycles. The summed E-state index contributed by atoms with van der Waals surface area (Å²) in [5.41, 5.74) is 7.02. The molecule has 8 heteroatoms. The van der Waals surface area contributed by atoms with Crippen molar-refractivity contribution in [2.45, 2.75) is 12.8 Å². The average Bonchev–Trinajstić information content (AvgIpc) is 3.10. The van der Waals surface area contributed by atoms with E-state index in [2.05, 4.69) is 15.3 Å². The molecule has 0 saturated carbocycles. The van der Waals surface area contributed by atoms with Crippen LogP contribution in [0.25, 0.3) is 11.4 Å². The smallest absolute Gasteiger partial charge is 0.232 e. The Morgan fingerprint density at radius 3 is 2.71 bits per heavy atom. The maximum atomic E-state index is 12.6. The second kappa shape index (κ2) is 9.03. The summed E-state index contributed by atoms with van der Waals surface area (Å²) in [6.45, 7) is 1.49. The minimum atomic E-state index is -0.529. The fraction of sp³-hybridized carbons (Fsp3) is 0.375. The number of carbonyl (C=O) groups is 1. The van der Waals surface area contributed by atoms with Gasteiger partial charge < -0.3 is 20.8 Å². The molecule has 0 atom stereocenters. The molecule has 2 aromatic rings. The van der Waals surface area contributed by atoms with Gasteiger partial charge in [-0.2, -0.15) is 0 Å². The van der Waals surface area contributed by atoms with Gasteiger partial charge in [0, 0.05) is 43.4 Å². The molecular formula is C16H22Cl2N4O2. The lowest BCUT2D eigenvalue weighted by atomic mass is 9.79. The van der Waals surface area contributed by atoms with E-state index in [-0.39, 0.29) is 30.7 Å². The van der Waals surface area contributed by atoms with Gasteiger partial charge in [0.15, 0.2) is 0 Å². The topological polar surface area (TPSA) is 93.0 Å². The number of nitrogens with zero attached hydrogens (tertiary/aromatic N) is 1. The van der Waals surface area contributed by atoms with Gasteiger partial charge in [-0.3, -0.25) is 4.79 Å². The Kier molecular flexibility index (Phi) is 7.69. The number of aromatic nitrogens is 2. The van der Waals surface area contributed by atoms with Gasteiger partial charge in [-0.25, -0.2) is 4.98 Å². The van der Waals surface area contributed by atoms with Crippen LogP contribution in [0.2, 0.25) is 0 Å². The Balaban J connectivity index is 0.00000144. The molecule has 24 heavy (non-hydrogen) atoms. The van der Waals surface area contributed by atoms with Gasteiger partial charge in [-0.1, -0.05) is 12.1 Å². The van der Waals surface area contributed by atoms with Crippen molar-refractivity contribution < 1.29 is 9.53 Å². The number of H-pyrrole nitrogens is 1. The molecule has 2 heterocycles. The Morgan fingerprint density at radius 2 is 2.08 bits per heavy atom. The van der Waals surface area contributed by atoms with Crippen molar-refractivity contribution in [1.29, 1.82) is 0 Å². The lowest BCUT2D eigenvalue weighted by molar-refractivity contribution is -0.130. The number of carbonyl (C=O) groups excluding carboxylic acids is 1. The van der Waals surface area contributed by atoms with E-state index >= 15 is 0 Å². The van der Waals surface area contributed by atoms with Gasteiger partial charge in [0.2, 0.25) is 5.91 Å². The predicted octanol–water partition coefficient (Wildman–Crippen LogP) is 2.61. The van der Waals surface area contributed by atoms with Crippen LogP contribution in [-0.2, 0) is 9.53 Å². The highest BCUT2D eigenvalue weighted by molar-refractivity contribution is 5.96. The van der Waals surface area contributed by atoms with Crippen molar-refractivity contribution in [2.24, 2.45) is 11.1 Å². The van der Waals surface area contributed by atoms with Crippen molar-refractivity contribution in [3.63, 3.8) is 0 Å². The molecule has 1 fully saturated rings. The largest absolute Gasteiger partial charge is 0.381 e. The van der Waals surface area contributed by atoms with E-state index in [9.17, 15) is 4.79 Å². The first-order valence-electron chi connectivity index (χ1n) is 7.43. The third-order valence-electron chi connectivity index (χ3n) is 4.21. The molecule has 3 rings (SSSR count). The first kappa shape index (κ1) is 20.4. The van der Waals surface area contributed by atoms with Crippen LogP contribution < -0.4 is 11.1 Å². The van der Waals surface area contributed by atoms with E-state index in [1.807, 2.05) is 24.3 Å². The second-order valence-electron chi connectivity index (χ2n) is 5.57. The lowest BCUT2D eigenvalue weighted by Crippen LogP contribution is -2.46. The molecule has 1 saturated heterocycles. The Bertz CT molecular complexity index is 643. The number of aromatic amines is 1. The minimum Gasteiger partial charge on any atom is -0.381 e. The molecule has 1 aromatic carbocycles. The maximum Gasteiger partial charge on any atom is 0.232 e. The molecule has 4 N–H and O–H groups in total. The Hall–Kier alpha value is -1.60. The first-order chi connectivity index (χ1) is 10.7. The zero-order valence-corrected chi connectivity index (χ0v) is 14.8. The van der Waals surface area contributed by atoms with Crippen molar-refractivity contribution in [3.05, 3.63) is 36.7 Å². The number of rotatable bonds is 4. The highest BCUT2D eigenvalue weighted by Crippen LogP contribution is 2.31. The molecule has 0 bridgehead atoms. The molecule has 6 nitrogen and oxygen atoms in total. The van der Waals surface area contributed by atoms with E-state index in [0.717, 1.165) is 17.1 Å². The number of imidazole rings is 1. The molecule has 0 unspecified atom stereocenters. The monoisotopic (exact) mass is 372 g/mol. The summed E-state index contributed by atoms with van der Waals surface area (Å²) >= 11 is 0. The SMILES string of the molecule is Cl.Cl.NCC1(C(=O)Nc2cccc(-c3ncc[nH]3)c2)CCOCC1. The van der Waals surface area contributed by atoms with E-state index in [1.165, 1.54) is 0 Å². The van der Waals surface area contributed by atoms with E-state index in [0.29, 0.717) is 32.6 Å². The first-order valence-corrected chi connectivity index (χ1v) is 7.43. The minimum absolute atomic E-state index is 0. The van der Waals surface area contributed by atoms with Crippen LogP contribution >= 0.6 is 24.8 Å². The normalized spacial score (nSPS) is 15.7. The van der Waals surface area contributed by atoms with Gasteiger partial charge in [-0.05, 0) is 25.0 Å². The van der Waals surface area contributed by atoms with Gasteiger partial charge in [0.1, 0.15) is 5.82 Å². The quantitative estimate of drug-likeness (QED) is 0.768. The van der Waals surface area contributed by atoms with Crippen molar-refractivity contribution >= 4 is 36.4 Å². The standard InChI is InChI=1S/C16H20N4O2.2ClH/c17-11-16(4-8-22-9-5-16)15(21)20-13-3-1-2-12(10-13)14-18-6-7-19-14;;/h1-3,6-7,10H,4-5,8-9,11,17H2,(H,18,19)(H,20,21);2*1H. The second-order valence-corrected chi connectivity index (χ2v) is 5.57. The van der Waals surface area contributed by atoms with Crippen LogP contribution in [0.3, 0.4) is 0 Å². The van der Waals surface area contributed by atoms with Gasteiger partial charge >= 0.3 is 0 Å². The number of anilines is 1. The Morgan fingerprint density at radius 1 is 1.33 bits per heavy atom. The molecule has 0 aliphatic carbocycles. The van der Waals surface area contributed by atoms with Gasteiger partial charge in [0.05, 0.1) is 5.41 Å². The number of benzene rings is 1. The van der Waals surface area contributed by atoms with Crippen LogP contribution in [-0.4, -0.2) is 35.6 Å². The van der Waals surface area contributed by atoms with Crippen LogP contribution in [0, 0.1) is 5.41 Å². The van der Waals surface area contributed by atoms with Crippen molar-refractivity contribution in [1.82, 2.24) is 9.97 Å². The number of hydrogen-bond donors (Lipinski definition) is 3. The van der Waals surface area contributed by atoms with Gasteiger partial charge in [-0.15, -0.1) is 24.8 Å². The number of nitrogens with one attached hydrogen (secondary N) is 2. The molecular weight excluding hydrogens is 351 g/mol. The third kappa shape index (κ3) is 4.27. The average molecular weight is 373 g/mol. The van der Waals surface area contributed by atoms with Crippen LogP contribution in [0.5, 0.6) is 0 Å². The Labute approximate surface area is 153 Å². The number of amides is 1. The summed E-state index contributed by atoms with van der Waals surface area (Å²) in [5, 5.41) is 2.99. The van der Waals surface area contributed by atoms with Crippen LogP contribution in [0.4, 0.5) is 5.69 Å². The van der Waals surface area contributed by atoms with Crippen LogP contribution in [0.1, 0.15) is 12.8 Å². The van der Waals surface area contributed by atoms with E-state index < -0.39 is 5.41 Å². The molecule has 0 radical (unpaired) electrons. The summed E-state index contributed by atoms with van der Waals surface area (Å²) < 4.78 is 5.35. The van der Waals surface area contributed by atoms with Gasteiger partial charge in [0.25, 0.3) is 0 Å². The fourth-order valence-electron chi connectivity index (χ4n) is 2.72. The highest BCUT2D eigenvalue weighted by atomic mass is 35.5. The number of ether oxygens (including phenoxy) is 1. The zero-order valence-electron chi connectivity index (χ0n) is 13.2. The molecule has 1 aromatic heterocycles. The van der Waals surface area contributed by atoms with Crippen LogP contribution in [0.15, 0.2) is 36.7 Å². The number of hydrogen-bond acceptors (Lipinski definition) is 4. The van der Waals surface area contributed by atoms with Crippen molar-refractivity contribution in [3.8, 4) is 11.4 Å².